The Bertz CT molecular complexity index is 1180. The van der Waals surface area contributed by atoms with Crippen LogP contribution in [0, 0.1) is 11.8 Å². The average molecular weight is 382 g/mol. The lowest BCUT2D eigenvalue weighted by atomic mass is 10.1. The fraction of sp³-hybridized carbons (Fsp3) is 0.160. The van der Waals surface area contributed by atoms with Gasteiger partial charge in [-0.05, 0) is 54.3 Å². The smallest absolute Gasteiger partial charge is 0.160 e. The van der Waals surface area contributed by atoms with Crippen molar-refractivity contribution in [2.45, 2.75) is 13.0 Å². The van der Waals surface area contributed by atoms with Gasteiger partial charge in [-0.15, -0.1) is 0 Å². The molecule has 4 heteroatoms. The van der Waals surface area contributed by atoms with Crippen molar-refractivity contribution in [1.29, 1.82) is 0 Å². The van der Waals surface area contributed by atoms with Crippen LogP contribution in [0.1, 0.15) is 16.8 Å². The molecule has 0 aliphatic heterocycles. The molecule has 0 radical (unpaired) electrons. The van der Waals surface area contributed by atoms with Gasteiger partial charge >= 0.3 is 0 Å². The van der Waals surface area contributed by atoms with E-state index in [0.29, 0.717) is 0 Å². The van der Waals surface area contributed by atoms with E-state index in [1.807, 2.05) is 65.3 Å². The molecule has 0 fully saturated rings. The van der Waals surface area contributed by atoms with E-state index in [-0.39, 0.29) is 0 Å². The van der Waals surface area contributed by atoms with Gasteiger partial charge in [-0.1, -0.05) is 42.3 Å². The Morgan fingerprint density at radius 1 is 0.828 bits per heavy atom. The lowest BCUT2D eigenvalue weighted by Crippen LogP contribution is -2.06. The Hall–Kier alpha value is -3.71. The highest BCUT2D eigenvalue weighted by molar-refractivity contribution is 5.84. The van der Waals surface area contributed by atoms with Gasteiger partial charge in [0.1, 0.15) is 5.69 Å². The van der Waals surface area contributed by atoms with Crippen LogP contribution in [0.5, 0.6) is 11.5 Å². The number of fused-ring (bicyclic) bond motifs is 1. The summed E-state index contributed by atoms with van der Waals surface area (Å²) in [5.41, 5.74) is 4.04. The molecule has 4 rings (SSSR count). The molecule has 0 saturated heterocycles. The van der Waals surface area contributed by atoms with Gasteiger partial charge in [0.2, 0.25) is 0 Å². The Balaban J connectivity index is 1.65. The first-order chi connectivity index (χ1) is 14.3. The van der Waals surface area contributed by atoms with E-state index in [1.165, 1.54) is 0 Å². The molecule has 0 aliphatic carbocycles. The molecule has 0 unspecified atom stereocenters. The number of benzene rings is 3. The maximum atomic E-state index is 5.42. The van der Waals surface area contributed by atoms with Crippen molar-refractivity contribution in [2.24, 2.45) is 0 Å². The summed E-state index contributed by atoms with van der Waals surface area (Å²) < 4.78 is 12.7. The molecule has 144 valence electrons. The molecule has 0 saturated carbocycles. The number of aromatic nitrogens is 2. The van der Waals surface area contributed by atoms with Crippen LogP contribution in [0.25, 0.3) is 10.9 Å². The zero-order valence-electron chi connectivity index (χ0n) is 16.6. The zero-order chi connectivity index (χ0) is 20.1. The first kappa shape index (κ1) is 18.6. The molecular formula is C25H22N2O2. The normalized spacial score (nSPS) is 10.4. The van der Waals surface area contributed by atoms with E-state index in [0.717, 1.165) is 52.2 Å². The van der Waals surface area contributed by atoms with E-state index < -0.39 is 0 Å². The summed E-state index contributed by atoms with van der Waals surface area (Å²) in [6.07, 6.45) is 0.814. The number of rotatable bonds is 5. The Morgan fingerprint density at radius 3 is 2.38 bits per heavy atom. The monoisotopic (exact) mass is 382 g/mol. The number of hydrogen-bond acceptors (Lipinski definition) is 3. The van der Waals surface area contributed by atoms with E-state index in [9.17, 15) is 0 Å². The van der Waals surface area contributed by atoms with E-state index >= 15 is 0 Å². The van der Waals surface area contributed by atoms with Crippen molar-refractivity contribution in [2.75, 3.05) is 14.2 Å². The summed E-state index contributed by atoms with van der Waals surface area (Å²) in [5, 5.41) is 5.85. The molecule has 4 aromatic rings. The minimum Gasteiger partial charge on any atom is -0.493 e. The van der Waals surface area contributed by atoms with Crippen LogP contribution in [0.4, 0.5) is 0 Å². The number of nitrogens with zero attached hydrogens (tertiary/aromatic N) is 2. The fourth-order valence-electron chi connectivity index (χ4n) is 3.30. The number of methoxy groups -OCH3 is 2. The average Bonchev–Trinajstić information content (AvgIpc) is 3.14. The standard InChI is InChI=1S/C25H22N2O2/c1-28-24-15-13-20(18-25(24)29-2)16-17-27-23(14-12-19-8-4-3-5-9-19)21-10-6-7-11-22(21)26-27/h3-11,13,15,18H,16-17H2,1-2H3. The molecule has 4 nitrogen and oxygen atoms in total. The van der Waals surface area contributed by atoms with Gasteiger partial charge in [-0.25, -0.2) is 0 Å². The number of hydrogen-bond donors (Lipinski definition) is 0. The largest absolute Gasteiger partial charge is 0.493 e. The first-order valence-electron chi connectivity index (χ1n) is 9.52. The zero-order valence-corrected chi connectivity index (χ0v) is 16.6. The van der Waals surface area contributed by atoms with E-state index in [4.69, 9.17) is 14.6 Å². The molecule has 0 amide bonds. The highest BCUT2D eigenvalue weighted by atomic mass is 16.5. The molecule has 29 heavy (non-hydrogen) atoms. The van der Waals surface area contributed by atoms with Crippen LogP contribution in [-0.4, -0.2) is 24.0 Å². The molecule has 0 atom stereocenters. The van der Waals surface area contributed by atoms with Gasteiger partial charge in [-0.3, -0.25) is 4.68 Å². The van der Waals surface area contributed by atoms with Crippen LogP contribution in [-0.2, 0) is 13.0 Å². The predicted molar refractivity (Wildman–Crippen MR) is 115 cm³/mol. The molecule has 1 aromatic heterocycles. The van der Waals surface area contributed by atoms with Gasteiger partial charge in [0.05, 0.1) is 19.7 Å². The molecular weight excluding hydrogens is 360 g/mol. The van der Waals surface area contributed by atoms with Crippen molar-refractivity contribution < 1.29 is 9.47 Å². The topological polar surface area (TPSA) is 36.3 Å². The summed E-state index contributed by atoms with van der Waals surface area (Å²) in [6.45, 7) is 0.725. The van der Waals surface area contributed by atoms with Gasteiger partial charge < -0.3 is 9.47 Å². The molecule has 3 aromatic carbocycles. The summed E-state index contributed by atoms with van der Waals surface area (Å²) in [7, 11) is 3.30. The summed E-state index contributed by atoms with van der Waals surface area (Å²) >= 11 is 0. The Kier molecular flexibility index (Phi) is 5.49. The molecule has 0 N–H and O–H groups in total. The molecule has 1 heterocycles. The third kappa shape index (κ3) is 4.09. The van der Waals surface area contributed by atoms with Crippen LogP contribution < -0.4 is 9.47 Å². The van der Waals surface area contributed by atoms with Crippen LogP contribution in [0.2, 0.25) is 0 Å². The van der Waals surface area contributed by atoms with E-state index in [2.05, 4.69) is 24.0 Å². The SMILES string of the molecule is COc1ccc(CCn2nc3ccccc3c2C#Cc2ccccc2)cc1OC. The number of aryl methyl sites for hydroxylation is 2. The third-order valence-corrected chi connectivity index (χ3v) is 4.80. The highest BCUT2D eigenvalue weighted by Gasteiger charge is 2.10. The second-order valence-corrected chi connectivity index (χ2v) is 6.64. The summed E-state index contributed by atoms with van der Waals surface area (Å²) in [5.74, 6) is 8.07. The lowest BCUT2D eigenvalue weighted by molar-refractivity contribution is 0.354. The lowest BCUT2D eigenvalue weighted by Gasteiger charge is -2.10. The molecule has 0 bridgehead atoms. The predicted octanol–water partition coefficient (Wildman–Crippen LogP) is 4.70. The maximum absolute atomic E-state index is 5.42. The van der Waals surface area contributed by atoms with Crippen LogP contribution in [0.3, 0.4) is 0 Å². The first-order valence-corrected chi connectivity index (χ1v) is 9.52. The Morgan fingerprint density at radius 2 is 1.59 bits per heavy atom. The van der Waals surface area contributed by atoms with Crippen LogP contribution in [0.15, 0.2) is 72.8 Å². The van der Waals surface area contributed by atoms with Gasteiger partial charge in [0, 0.05) is 17.5 Å². The van der Waals surface area contributed by atoms with Crippen molar-refractivity contribution in [3.8, 4) is 23.3 Å². The molecule has 0 spiro atoms. The van der Waals surface area contributed by atoms with Crippen molar-refractivity contribution in [3.05, 3.63) is 89.6 Å². The van der Waals surface area contributed by atoms with Gasteiger partial charge in [0.15, 0.2) is 11.5 Å². The third-order valence-electron chi connectivity index (χ3n) is 4.80. The minimum atomic E-state index is 0.725. The summed E-state index contributed by atoms with van der Waals surface area (Å²) in [4.78, 5) is 0. The highest BCUT2D eigenvalue weighted by Crippen LogP contribution is 2.28. The van der Waals surface area contributed by atoms with Crippen molar-refractivity contribution >= 4 is 10.9 Å². The van der Waals surface area contributed by atoms with Crippen molar-refractivity contribution in [3.63, 3.8) is 0 Å². The second kappa shape index (κ2) is 8.53. The minimum absolute atomic E-state index is 0.725. The van der Waals surface area contributed by atoms with Gasteiger partial charge in [0.25, 0.3) is 0 Å². The fourth-order valence-corrected chi connectivity index (χ4v) is 3.30. The van der Waals surface area contributed by atoms with E-state index in [1.54, 1.807) is 14.2 Å². The maximum Gasteiger partial charge on any atom is 0.160 e. The number of ether oxygens (including phenoxy) is 2. The van der Waals surface area contributed by atoms with Crippen LogP contribution >= 0.6 is 0 Å². The van der Waals surface area contributed by atoms with Crippen molar-refractivity contribution in [1.82, 2.24) is 9.78 Å². The second-order valence-electron chi connectivity index (χ2n) is 6.64. The summed E-state index contributed by atoms with van der Waals surface area (Å²) in [6, 6.07) is 24.1. The molecule has 0 aliphatic rings. The Labute approximate surface area is 170 Å². The quantitative estimate of drug-likeness (QED) is 0.470. The van der Waals surface area contributed by atoms with Gasteiger partial charge in [-0.2, -0.15) is 5.10 Å².